The molecule has 0 aliphatic heterocycles. The van der Waals surface area contributed by atoms with Crippen molar-refractivity contribution in [3.05, 3.63) is 36.4 Å². The van der Waals surface area contributed by atoms with Gasteiger partial charge in [-0.05, 0) is 23.3 Å². The lowest BCUT2D eigenvalue weighted by Crippen LogP contribution is -2.32. The van der Waals surface area contributed by atoms with Crippen LogP contribution in [-0.2, 0) is 0 Å². The Labute approximate surface area is 126 Å². The van der Waals surface area contributed by atoms with Gasteiger partial charge in [0, 0.05) is 5.46 Å². The zero-order valence-corrected chi connectivity index (χ0v) is 12.6. The Bertz CT molecular complexity index is 569. The zero-order valence-electron chi connectivity index (χ0n) is 12.6. The lowest BCUT2D eigenvalue weighted by molar-refractivity contribution is 0.305. The number of rotatable bonds is 8. The summed E-state index contributed by atoms with van der Waals surface area (Å²) in [5, 5.41) is 21.1. The summed E-state index contributed by atoms with van der Waals surface area (Å²) in [6, 6.07) is 11.4. The molecule has 0 radical (unpaired) electrons. The maximum absolute atomic E-state index is 9.65. The van der Waals surface area contributed by atoms with E-state index in [-0.39, 0.29) is 0 Å². The number of hydrogen-bond donors (Lipinski definition) is 2. The maximum atomic E-state index is 9.65. The molecule has 2 rings (SSSR count). The molecule has 0 amide bonds. The molecule has 2 aromatic carbocycles. The monoisotopic (exact) mass is 286 g/mol. The molecule has 0 unspecified atom stereocenters. The molecule has 0 fully saturated rings. The van der Waals surface area contributed by atoms with Crippen LogP contribution in [0, 0.1) is 0 Å². The largest absolute Gasteiger partial charge is 0.494 e. The molecule has 21 heavy (non-hydrogen) atoms. The molecule has 0 aromatic heterocycles. The molecule has 4 heteroatoms. The highest BCUT2D eigenvalue weighted by Gasteiger charge is 2.20. The first-order chi connectivity index (χ1) is 10.2. The average Bonchev–Trinajstić information content (AvgIpc) is 2.50. The van der Waals surface area contributed by atoms with E-state index in [0.717, 1.165) is 23.6 Å². The third kappa shape index (κ3) is 4.22. The van der Waals surface area contributed by atoms with Crippen LogP contribution in [0.4, 0.5) is 0 Å². The third-order valence-corrected chi connectivity index (χ3v) is 3.69. The van der Waals surface area contributed by atoms with Gasteiger partial charge in [0.1, 0.15) is 5.75 Å². The standard InChI is InChI=1S/C17H23BO3/c1-2-3-4-5-8-13-21-16-12-11-14-9-6-7-10-15(14)17(16)18(19)20/h6-7,9-12,19-20H,2-5,8,13H2,1H3. The third-order valence-electron chi connectivity index (χ3n) is 3.69. The minimum Gasteiger partial charge on any atom is -0.494 e. The van der Waals surface area contributed by atoms with Crippen LogP contribution >= 0.6 is 0 Å². The number of fused-ring (bicyclic) bond motifs is 1. The van der Waals surface area contributed by atoms with Gasteiger partial charge in [0.05, 0.1) is 6.61 Å². The normalized spacial score (nSPS) is 10.8. The fourth-order valence-corrected chi connectivity index (χ4v) is 2.56. The van der Waals surface area contributed by atoms with Crippen molar-refractivity contribution in [2.24, 2.45) is 0 Å². The van der Waals surface area contributed by atoms with E-state index in [4.69, 9.17) is 4.74 Å². The Kier molecular flexibility index (Phi) is 6.09. The second-order valence-corrected chi connectivity index (χ2v) is 5.33. The van der Waals surface area contributed by atoms with Gasteiger partial charge in [0.15, 0.2) is 0 Å². The van der Waals surface area contributed by atoms with Crippen LogP contribution in [0.5, 0.6) is 5.75 Å². The quantitative estimate of drug-likeness (QED) is 0.579. The second kappa shape index (κ2) is 8.06. The van der Waals surface area contributed by atoms with Crippen molar-refractivity contribution in [3.63, 3.8) is 0 Å². The van der Waals surface area contributed by atoms with E-state index in [0.29, 0.717) is 17.8 Å². The lowest BCUT2D eigenvalue weighted by atomic mass is 9.76. The van der Waals surface area contributed by atoms with Crippen molar-refractivity contribution >= 4 is 23.4 Å². The summed E-state index contributed by atoms with van der Waals surface area (Å²) in [5.74, 6) is 0.569. The SMILES string of the molecule is CCCCCCCOc1ccc2ccccc2c1B(O)O. The first-order valence-corrected chi connectivity index (χ1v) is 7.74. The molecule has 0 saturated carbocycles. The van der Waals surface area contributed by atoms with E-state index in [1.165, 1.54) is 19.3 Å². The van der Waals surface area contributed by atoms with Gasteiger partial charge in [-0.2, -0.15) is 0 Å². The van der Waals surface area contributed by atoms with Crippen LogP contribution in [-0.4, -0.2) is 23.8 Å². The van der Waals surface area contributed by atoms with Gasteiger partial charge in [-0.25, -0.2) is 0 Å². The van der Waals surface area contributed by atoms with Crippen molar-refractivity contribution < 1.29 is 14.8 Å². The molecule has 2 N–H and O–H groups in total. The van der Waals surface area contributed by atoms with Crippen LogP contribution in [0.25, 0.3) is 10.8 Å². The van der Waals surface area contributed by atoms with Gasteiger partial charge in [0.2, 0.25) is 0 Å². The summed E-state index contributed by atoms with van der Waals surface area (Å²) >= 11 is 0. The molecule has 3 nitrogen and oxygen atoms in total. The molecule has 0 atom stereocenters. The second-order valence-electron chi connectivity index (χ2n) is 5.33. The van der Waals surface area contributed by atoms with E-state index in [9.17, 15) is 10.0 Å². The van der Waals surface area contributed by atoms with Crippen molar-refractivity contribution in [2.45, 2.75) is 39.0 Å². The van der Waals surface area contributed by atoms with E-state index < -0.39 is 7.12 Å². The Morgan fingerprint density at radius 3 is 2.48 bits per heavy atom. The molecule has 0 bridgehead atoms. The average molecular weight is 286 g/mol. The maximum Gasteiger partial charge on any atom is 0.492 e. The van der Waals surface area contributed by atoms with E-state index >= 15 is 0 Å². The van der Waals surface area contributed by atoms with Crippen molar-refractivity contribution in [1.29, 1.82) is 0 Å². The van der Waals surface area contributed by atoms with E-state index in [2.05, 4.69) is 6.92 Å². The Balaban J connectivity index is 2.07. The van der Waals surface area contributed by atoms with Crippen LogP contribution < -0.4 is 10.2 Å². The number of unbranched alkanes of at least 4 members (excludes halogenated alkanes) is 4. The smallest absolute Gasteiger partial charge is 0.492 e. The fraction of sp³-hybridized carbons (Fsp3) is 0.412. The molecule has 0 heterocycles. The number of ether oxygens (including phenoxy) is 1. The topological polar surface area (TPSA) is 49.7 Å². The predicted octanol–water partition coefficient (Wildman–Crippen LogP) is 2.87. The minimum atomic E-state index is -1.52. The molecule has 0 aliphatic carbocycles. The number of benzene rings is 2. The van der Waals surface area contributed by atoms with Crippen LogP contribution in [0.15, 0.2) is 36.4 Å². The Morgan fingerprint density at radius 1 is 0.952 bits per heavy atom. The summed E-state index contributed by atoms with van der Waals surface area (Å²) in [5.41, 5.74) is 0.460. The lowest BCUT2D eigenvalue weighted by Gasteiger charge is -2.13. The van der Waals surface area contributed by atoms with Gasteiger partial charge in [-0.15, -0.1) is 0 Å². The molecular formula is C17H23BO3. The van der Waals surface area contributed by atoms with Crippen molar-refractivity contribution in [1.82, 2.24) is 0 Å². The summed E-state index contributed by atoms with van der Waals surface area (Å²) in [6.45, 7) is 2.81. The first kappa shape index (κ1) is 15.9. The molecular weight excluding hydrogens is 263 g/mol. The van der Waals surface area contributed by atoms with E-state index in [1.54, 1.807) is 0 Å². The van der Waals surface area contributed by atoms with Crippen molar-refractivity contribution in [2.75, 3.05) is 6.61 Å². The van der Waals surface area contributed by atoms with E-state index in [1.807, 2.05) is 36.4 Å². The van der Waals surface area contributed by atoms with Gasteiger partial charge in [-0.3, -0.25) is 0 Å². The van der Waals surface area contributed by atoms with Crippen LogP contribution in [0.2, 0.25) is 0 Å². The van der Waals surface area contributed by atoms with Crippen LogP contribution in [0.1, 0.15) is 39.0 Å². The highest BCUT2D eigenvalue weighted by atomic mass is 16.5. The summed E-state index contributed by atoms with van der Waals surface area (Å²) in [7, 11) is -1.52. The molecule has 0 saturated heterocycles. The molecule has 0 spiro atoms. The Hall–Kier alpha value is -1.52. The molecule has 2 aromatic rings. The zero-order chi connectivity index (χ0) is 15.1. The van der Waals surface area contributed by atoms with Gasteiger partial charge in [-0.1, -0.05) is 62.9 Å². The molecule has 112 valence electrons. The van der Waals surface area contributed by atoms with Gasteiger partial charge < -0.3 is 14.8 Å². The predicted molar refractivity (Wildman–Crippen MR) is 88.0 cm³/mol. The van der Waals surface area contributed by atoms with Crippen molar-refractivity contribution in [3.8, 4) is 5.75 Å². The highest BCUT2D eigenvalue weighted by molar-refractivity contribution is 6.63. The van der Waals surface area contributed by atoms with Crippen LogP contribution in [0.3, 0.4) is 0 Å². The summed E-state index contributed by atoms with van der Waals surface area (Å²) in [4.78, 5) is 0. The van der Waals surface area contributed by atoms with Gasteiger partial charge >= 0.3 is 7.12 Å². The van der Waals surface area contributed by atoms with Gasteiger partial charge in [0.25, 0.3) is 0 Å². The minimum absolute atomic E-state index is 0.460. The summed E-state index contributed by atoms with van der Waals surface area (Å²) < 4.78 is 5.77. The Morgan fingerprint density at radius 2 is 1.71 bits per heavy atom. The fourth-order valence-electron chi connectivity index (χ4n) is 2.56. The first-order valence-electron chi connectivity index (χ1n) is 7.74. The summed E-state index contributed by atoms with van der Waals surface area (Å²) in [6.07, 6.45) is 5.86. The highest BCUT2D eigenvalue weighted by Crippen LogP contribution is 2.19. The molecule has 0 aliphatic rings. The number of hydrogen-bond acceptors (Lipinski definition) is 3.